The average Bonchev–Trinajstić information content (AvgIpc) is 3.60. The molecule has 0 spiro atoms. The van der Waals surface area contributed by atoms with Gasteiger partial charge in [0, 0.05) is 23.9 Å². The van der Waals surface area contributed by atoms with Gasteiger partial charge < -0.3 is 25.2 Å². The number of fused-ring (bicyclic) bond motifs is 1. The molecule has 53 heavy (non-hydrogen) atoms. The molecule has 0 bridgehead atoms. The Balaban J connectivity index is 0.000000833. The fourth-order valence-electron chi connectivity index (χ4n) is 5.66. The number of nitrogens with two attached hydrogens (primary N) is 1. The first-order valence-electron chi connectivity index (χ1n) is 15.6. The number of nitrogens with zero attached hydrogens (tertiary/aromatic N) is 4. The number of amides is 2. The van der Waals surface area contributed by atoms with Crippen LogP contribution >= 0.6 is 23.1 Å². The van der Waals surface area contributed by atoms with Crippen LogP contribution < -0.4 is 15.6 Å². The summed E-state index contributed by atoms with van der Waals surface area (Å²) in [5, 5.41) is 7.69. The lowest BCUT2D eigenvalue weighted by Gasteiger charge is -2.50. The number of oxime groups is 1. The molecule has 2 amide bonds. The van der Waals surface area contributed by atoms with Crippen molar-refractivity contribution in [3.05, 3.63) is 137 Å². The van der Waals surface area contributed by atoms with Gasteiger partial charge in [0.1, 0.15) is 29.9 Å². The molecule has 2 aromatic heterocycles. The maximum Gasteiger partial charge on any atom is 0.356 e. The summed E-state index contributed by atoms with van der Waals surface area (Å²) in [6.45, 7) is 7.34. The highest BCUT2D eigenvalue weighted by Crippen LogP contribution is 2.43. The molecular formula is C35H34N6O9S3. The molecule has 18 heteroatoms. The number of esters is 1. The van der Waals surface area contributed by atoms with Gasteiger partial charge in [0.2, 0.25) is 10.4 Å². The van der Waals surface area contributed by atoms with Gasteiger partial charge in [0.15, 0.2) is 23.6 Å². The molecule has 0 radical (unpaired) electrons. The molecule has 2 unspecified atom stereocenters. The molecule has 6 rings (SSSR count). The minimum atomic E-state index is -4.41. The molecule has 4 aromatic rings. The highest BCUT2D eigenvalue weighted by Gasteiger charge is 2.58. The highest BCUT2D eigenvalue weighted by atomic mass is 32.3. The molecule has 0 saturated carbocycles. The van der Waals surface area contributed by atoms with Crippen LogP contribution in [0.3, 0.4) is 0 Å². The molecular weight excluding hydrogens is 745 g/mol. The van der Waals surface area contributed by atoms with Crippen LogP contribution in [0.25, 0.3) is 0 Å². The number of nitrogens with one attached hydrogen (secondary N) is 1. The minimum Gasteiger partial charge on any atom is -0.726 e. The quantitative estimate of drug-likeness (QED) is 0.0405. The lowest BCUT2D eigenvalue weighted by molar-refractivity contribution is -0.672. The van der Waals surface area contributed by atoms with E-state index in [2.05, 4.69) is 32.9 Å². The summed E-state index contributed by atoms with van der Waals surface area (Å²) >= 11 is 2.52. The monoisotopic (exact) mass is 778 g/mol. The van der Waals surface area contributed by atoms with E-state index >= 15 is 0 Å². The third-order valence-corrected chi connectivity index (χ3v) is 10.5. The van der Waals surface area contributed by atoms with Crippen LogP contribution in [0.1, 0.15) is 28.5 Å². The molecule has 276 valence electrons. The Morgan fingerprint density at radius 3 is 2.28 bits per heavy atom. The van der Waals surface area contributed by atoms with E-state index in [1.54, 1.807) is 47.6 Å². The van der Waals surface area contributed by atoms with E-state index in [0.29, 0.717) is 16.9 Å². The average molecular weight is 779 g/mol. The van der Waals surface area contributed by atoms with Gasteiger partial charge in [-0.2, -0.15) is 0 Å². The predicted octanol–water partition coefficient (Wildman–Crippen LogP) is 2.69. The molecule has 4 heterocycles. The number of carbonyl (C=O) groups is 3. The number of benzene rings is 2. The molecule has 2 aliphatic rings. The van der Waals surface area contributed by atoms with Crippen LogP contribution in [0.2, 0.25) is 0 Å². The Bertz CT molecular complexity index is 2110. The molecule has 3 N–H and O–H groups in total. The van der Waals surface area contributed by atoms with Crippen LogP contribution in [0.4, 0.5) is 5.13 Å². The van der Waals surface area contributed by atoms with Gasteiger partial charge in [-0.3, -0.25) is 18.7 Å². The Hall–Kier alpha value is -5.40. The zero-order valence-corrected chi connectivity index (χ0v) is 30.8. The van der Waals surface area contributed by atoms with Crippen molar-refractivity contribution in [3.63, 3.8) is 0 Å². The van der Waals surface area contributed by atoms with Gasteiger partial charge in [0.25, 0.3) is 17.4 Å². The first-order valence-corrected chi connectivity index (χ1v) is 18.9. The predicted molar refractivity (Wildman–Crippen MR) is 195 cm³/mol. The van der Waals surface area contributed by atoms with Crippen molar-refractivity contribution in [1.29, 1.82) is 0 Å². The number of β-lactam (4-membered cyclic amide) rings is 1. The molecule has 3 atom stereocenters. The van der Waals surface area contributed by atoms with E-state index in [4.69, 9.17) is 15.3 Å². The van der Waals surface area contributed by atoms with E-state index in [-0.39, 0.29) is 16.5 Å². The van der Waals surface area contributed by atoms with Gasteiger partial charge >= 0.3 is 5.97 Å². The first-order chi connectivity index (χ1) is 25.3. The summed E-state index contributed by atoms with van der Waals surface area (Å²) in [6.07, 6.45) is 4.31. The normalized spacial score (nSPS) is 17.7. The number of rotatable bonds is 12. The second-order valence-corrected chi connectivity index (χ2v) is 14.5. The summed E-state index contributed by atoms with van der Waals surface area (Å²) < 4.78 is 38.9. The number of hydrogen-bond acceptors (Lipinski definition) is 14. The van der Waals surface area contributed by atoms with E-state index in [1.807, 2.05) is 60.7 Å². The number of aromatic nitrogens is 2. The summed E-state index contributed by atoms with van der Waals surface area (Å²) in [7, 11) is -1.81. The summed E-state index contributed by atoms with van der Waals surface area (Å²) in [5.74, 6) is -1.50. The van der Waals surface area contributed by atoms with Gasteiger partial charge in [-0.1, -0.05) is 73.3 Å². The standard InChI is InChI=1S/C34H30N6O5S2.CH4O4S/c1-4-21-19-46-30-26(38-32(43)34(45-36-2,25-20-47-33(35)37-25)24-16-11-17-39(3)18-24)29(41)40(30)27(21)31(42)44-28(22-12-7-5-8-13-22)23-14-9-6-10-15-23;1-5-6(2,3)4/h4-18,20,26,28,30H,1-2,19H2,3H3,(H2-,35,37,38,43);1H3,(H,2,3,4)/t26?,30-,34?;/m1./s1. The Morgan fingerprint density at radius 1 is 1.15 bits per heavy atom. The van der Waals surface area contributed by atoms with Crippen LogP contribution in [0, 0.1) is 0 Å². The first kappa shape index (κ1) is 38.8. The number of nitrogen functional groups attached to an aromatic ring is 1. The number of anilines is 1. The topological polar surface area (TPSA) is 207 Å². The van der Waals surface area contributed by atoms with Crippen molar-refractivity contribution < 1.29 is 45.7 Å². The lowest BCUT2D eigenvalue weighted by atomic mass is 9.90. The van der Waals surface area contributed by atoms with Crippen molar-refractivity contribution in [3.8, 4) is 0 Å². The van der Waals surface area contributed by atoms with Crippen LogP contribution in [0.5, 0.6) is 0 Å². The molecule has 2 aromatic carbocycles. The maximum atomic E-state index is 14.3. The Morgan fingerprint density at radius 2 is 1.77 bits per heavy atom. The number of pyridine rings is 1. The van der Waals surface area contributed by atoms with Crippen molar-refractivity contribution >= 4 is 63.1 Å². The number of allylic oxidation sites excluding steroid dienone is 1. The van der Waals surface area contributed by atoms with Crippen LogP contribution in [0.15, 0.2) is 120 Å². The number of aryl methyl sites for hydroxylation is 1. The van der Waals surface area contributed by atoms with E-state index in [9.17, 15) is 27.4 Å². The number of ether oxygens (including phenoxy) is 1. The number of thioether (sulfide) groups is 1. The molecule has 1 saturated heterocycles. The SMILES string of the molecule is C=CC1=C(C(=O)OC(c2ccccc2)c2ccccc2)N2C(=O)C(NC(=O)C(ON=C)(c3ccc[n+](C)c3)c3csc(N)n3)[C@H]2SC1.COS(=O)(=O)[O-]. The summed E-state index contributed by atoms with van der Waals surface area (Å²) in [5.41, 5.74) is 6.82. The number of hydrogen-bond donors (Lipinski definition) is 2. The third kappa shape index (κ3) is 8.31. The molecule has 0 aliphatic carbocycles. The second kappa shape index (κ2) is 16.5. The highest BCUT2D eigenvalue weighted by molar-refractivity contribution is 8.00. The summed E-state index contributed by atoms with van der Waals surface area (Å²) in [4.78, 5) is 53.6. The maximum absolute atomic E-state index is 14.3. The fraction of sp³-hybridized carbons (Fsp3) is 0.200. The fourth-order valence-corrected chi connectivity index (χ4v) is 7.60. The Labute approximate surface area is 313 Å². The smallest absolute Gasteiger partial charge is 0.356 e. The van der Waals surface area contributed by atoms with Gasteiger partial charge in [-0.25, -0.2) is 22.8 Å². The minimum absolute atomic E-state index is 0.0914. The molecule has 1 fully saturated rings. The third-order valence-electron chi connectivity index (χ3n) is 8.11. The molecule has 15 nitrogen and oxygen atoms in total. The van der Waals surface area contributed by atoms with Gasteiger partial charge in [-0.15, -0.1) is 28.3 Å². The second-order valence-electron chi connectivity index (χ2n) is 11.4. The van der Waals surface area contributed by atoms with E-state index < -0.39 is 51.3 Å². The number of carbonyl (C=O) groups excluding carboxylic acids is 3. The lowest BCUT2D eigenvalue weighted by Crippen LogP contribution is -2.72. The van der Waals surface area contributed by atoms with Crippen molar-refractivity contribution in [2.45, 2.75) is 23.1 Å². The van der Waals surface area contributed by atoms with E-state index in [1.165, 1.54) is 16.7 Å². The van der Waals surface area contributed by atoms with Crippen molar-refractivity contribution in [2.24, 2.45) is 12.2 Å². The zero-order chi connectivity index (χ0) is 38.3. The van der Waals surface area contributed by atoms with E-state index in [0.717, 1.165) is 29.6 Å². The van der Waals surface area contributed by atoms with Gasteiger partial charge in [-0.05, 0) is 22.8 Å². The largest absolute Gasteiger partial charge is 0.726 e. The van der Waals surface area contributed by atoms with Crippen molar-refractivity contribution in [2.75, 3.05) is 18.6 Å². The number of thiazole rings is 1. The summed E-state index contributed by atoms with van der Waals surface area (Å²) in [6, 6.07) is 21.2. The molecule has 2 aliphatic heterocycles. The van der Waals surface area contributed by atoms with Crippen molar-refractivity contribution in [1.82, 2.24) is 15.2 Å². The van der Waals surface area contributed by atoms with Crippen LogP contribution in [-0.2, 0) is 51.2 Å². The van der Waals surface area contributed by atoms with Crippen LogP contribution in [-0.4, -0.2) is 71.6 Å². The Kier molecular flexibility index (Phi) is 12.1. The van der Waals surface area contributed by atoms with Gasteiger partial charge in [0.05, 0.1) is 12.7 Å². The zero-order valence-electron chi connectivity index (χ0n) is 28.4.